The number of hydrogen-bond acceptors (Lipinski definition) is 8. The number of nitro groups is 1. The number of anilines is 4. The summed E-state index contributed by atoms with van der Waals surface area (Å²) in [5.74, 6) is -0.438. The van der Waals surface area contributed by atoms with Gasteiger partial charge in [0, 0.05) is 12.2 Å². The van der Waals surface area contributed by atoms with Crippen LogP contribution in [-0.4, -0.2) is 34.5 Å². The normalized spacial score (nSPS) is 10.3. The Balaban J connectivity index is 2.10. The number of methoxy groups -OCH3 is 1. The highest BCUT2D eigenvalue weighted by atomic mass is 16.6. The van der Waals surface area contributed by atoms with Crippen molar-refractivity contribution in [2.45, 2.75) is 6.92 Å². The van der Waals surface area contributed by atoms with Gasteiger partial charge in [0.1, 0.15) is 6.33 Å². The van der Waals surface area contributed by atoms with Crippen molar-refractivity contribution in [1.82, 2.24) is 9.97 Å². The average Bonchev–Trinajstić information content (AvgIpc) is 2.75. The van der Waals surface area contributed by atoms with E-state index in [0.29, 0.717) is 12.2 Å². The maximum Gasteiger partial charge on any atom is 0.354 e. The van der Waals surface area contributed by atoms with Gasteiger partial charge in [-0.2, -0.15) is 0 Å². The van der Waals surface area contributed by atoms with Crippen molar-refractivity contribution in [1.29, 1.82) is 0 Å². The molecule has 0 fully saturated rings. The molecule has 0 saturated carbocycles. The first-order chi connectivity index (χ1) is 14.1. The number of carbonyl (C=O) groups is 1. The number of nitrogens with one attached hydrogen (secondary N) is 1. The molecule has 0 bridgehead atoms. The van der Waals surface area contributed by atoms with Crippen LogP contribution < -0.4 is 10.2 Å². The van der Waals surface area contributed by atoms with E-state index < -0.39 is 10.9 Å². The molecule has 0 atom stereocenters. The van der Waals surface area contributed by atoms with Crippen molar-refractivity contribution in [2.75, 3.05) is 23.9 Å². The lowest BCUT2D eigenvalue weighted by Crippen LogP contribution is -2.19. The third kappa shape index (κ3) is 4.13. The van der Waals surface area contributed by atoms with E-state index in [1.165, 1.54) is 13.4 Å². The molecule has 0 amide bonds. The van der Waals surface area contributed by atoms with Crippen LogP contribution in [0.5, 0.6) is 0 Å². The molecule has 0 spiro atoms. The summed E-state index contributed by atoms with van der Waals surface area (Å²) in [6.45, 7) is 2.33. The Morgan fingerprint density at radius 1 is 1.14 bits per heavy atom. The molecule has 0 radical (unpaired) electrons. The fraction of sp³-hybridized carbons (Fsp3) is 0.150. The molecule has 1 heterocycles. The van der Waals surface area contributed by atoms with E-state index in [2.05, 4.69) is 15.3 Å². The molecule has 0 aliphatic heterocycles. The van der Waals surface area contributed by atoms with E-state index in [9.17, 15) is 14.9 Å². The molecule has 0 unspecified atom stereocenters. The van der Waals surface area contributed by atoms with Gasteiger partial charge in [0.05, 0.1) is 23.3 Å². The number of hydrogen-bond donors (Lipinski definition) is 1. The fourth-order valence-electron chi connectivity index (χ4n) is 2.90. The highest BCUT2D eigenvalue weighted by Crippen LogP contribution is 2.37. The van der Waals surface area contributed by atoms with Gasteiger partial charge in [0.25, 0.3) is 0 Å². The van der Waals surface area contributed by atoms with Gasteiger partial charge in [-0.1, -0.05) is 30.3 Å². The summed E-state index contributed by atoms with van der Waals surface area (Å²) < 4.78 is 4.78. The lowest BCUT2D eigenvalue weighted by atomic mass is 10.1. The summed E-state index contributed by atoms with van der Waals surface area (Å²) in [5.41, 5.74) is 1.05. The molecule has 9 heteroatoms. The van der Waals surface area contributed by atoms with Crippen LogP contribution in [0.3, 0.4) is 0 Å². The topological polar surface area (TPSA) is 110 Å². The third-order valence-electron chi connectivity index (χ3n) is 4.21. The number of para-hydroxylation sites is 2. The number of benzene rings is 2. The van der Waals surface area contributed by atoms with Crippen LogP contribution in [0.1, 0.15) is 17.3 Å². The van der Waals surface area contributed by atoms with Crippen molar-refractivity contribution in [3.63, 3.8) is 0 Å². The Hall–Kier alpha value is -4.01. The Kier molecular flexibility index (Phi) is 5.98. The molecule has 0 saturated heterocycles. The molecule has 0 aliphatic carbocycles. The lowest BCUT2D eigenvalue weighted by Gasteiger charge is -2.22. The standard InChI is InChI=1S/C20H19N5O4/c1-3-24(14-9-5-4-6-10-14)19-17(25(27)28)18(21-13-22-19)23-16-12-8-7-11-15(16)20(26)29-2/h4-13H,3H2,1-2H3,(H,21,22,23). The van der Waals surface area contributed by atoms with Gasteiger partial charge in [-0.15, -0.1) is 0 Å². The average molecular weight is 393 g/mol. The van der Waals surface area contributed by atoms with Crippen molar-refractivity contribution in [3.05, 3.63) is 76.6 Å². The minimum absolute atomic E-state index is 0.0225. The molecule has 2 aromatic carbocycles. The Morgan fingerprint density at radius 2 is 1.83 bits per heavy atom. The fourth-order valence-corrected chi connectivity index (χ4v) is 2.90. The Bertz CT molecular complexity index is 1030. The van der Waals surface area contributed by atoms with Crippen LogP contribution in [0.25, 0.3) is 0 Å². The molecule has 9 nitrogen and oxygen atoms in total. The molecule has 0 aliphatic rings. The first kappa shape index (κ1) is 19.7. The number of carbonyl (C=O) groups excluding carboxylic acids is 1. The largest absolute Gasteiger partial charge is 0.465 e. The number of esters is 1. The summed E-state index contributed by atoms with van der Waals surface area (Å²) in [4.78, 5) is 33.3. The maximum atomic E-state index is 12.0. The third-order valence-corrected chi connectivity index (χ3v) is 4.21. The smallest absolute Gasteiger partial charge is 0.354 e. The van der Waals surface area contributed by atoms with Gasteiger partial charge in [-0.05, 0) is 31.2 Å². The van der Waals surface area contributed by atoms with Gasteiger partial charge < -0.3 is 15.0 Å². The van der Waals surface area contributed by atoms with E-state index in [4.69, 9.17) is 4.74 Å². The number of aromatic nitrogens is 2. The van der Waals surface area contributed by atoms with E-state index in [1.807, 2.05) is 37.3 Å². The molecular formula is C20H19N5O4. The van der Waals surface area contributed by atoms with E-state index in [1.54, 1.807) is 29.2 Å². The van der Waals surface area contributed by atoms with Gasteiger partial charge in [0.2, 0.25) is 11.6 Å². The Labute approximate surface area is 167 Å². The second kappa shape index (κ2) is 8.79. The van der Waals surface area contributed by atoms with Gasteiger partial charge >= 0.3 is 11.7 Å². The SMILES string of the molecule is CCN(c1ccccc1)c1ncnc(Nc2ccccc2C(=O)OC)c1[N+](=O)[O-]. The van der Waals surface area contributed by atoms with Crippen LogP contribution in [0.15, 0.2) is 60.9 Å². The molecule has 1 aromatic heterocycles. The van der Waals surface area contributed by atoms with E-state index in [-0.39, 0.29) is 22.9 Å². The number of rotatable bonds is 7. The first-order valence-corrected chi connectivity index (χ1v) is 8.83. The molecule has 1 N–H and O–H groups in total. The molecule has 3 rings (SSSR count). The van der Waals surface area contributed by atoms with Crippen LogP contribution in [0.2, 0.25) is 0 Å². The van der Waals surface area contributed by atoms with Crippen molar-refractivity contribution < 1.29 is 14.5 Å². The van der Waals surface area contributed by atoms with Crippen LogP contribution in [-0.2, 0) is 4.74 Å². The minimum Gasteiger partial charge on any atom is -0.465 e. The summed E-state index contributed by atoms with van der Waals surface area (Å²) in [6.07, 6.45) is 1.25. The summed E-state index contributed by atoms with van der Waals surface area (Å²) >= 11 is 0. The van der Waals surface area contributed by atoms with Gasteiger partial charge in [-0.25, -0.2) is 14.8 Å². The predicted molar refractivity (Wildman–Crippen MR) is 109 cm³/mol. The van der Waals surface area contributed by atoms with E-state index in [0.717, 1.165) is 5.69 Å². The second-order valence-electron chi connectivity index (χ2n) is 5.89. The van der Waals surface area contributed by atoms with Crippen LogP contribution in [0, 0.1) is 10.1 Å². The van der Waals surface area contributed by atoms with Crippen LogP contribution >= 0.6 is 0 Å². The monoisotopic (exact) mass is 393 g/mol. The Morgan fingerprint density at radius 3 is 2.48 bits per heavy atom. The van der Waals surface area contributed by atoms with Crippen molar-refractivity contribution in [3.8, 4) is 0 Å². The zero-order valence-electron chi connectivity index (χ0n) is 15.9. The number of nitrogens with zero attached hydrogens (tertiary/aromatic N) is 4. The predicted octanol–water partition coefficient (Wildman–Crippen LogP) is 4.07. The first-order valence-electron chi connectivity index (χ1n) is 8.83. The minimum atomic E-state index is -0.565. The summed E-state index contributed by atoms with van der Waals surface area (Å²) in [6, 6.07) is 15.8. The highest BCUT2D eigenvalue weighted by Gasteiger charge is 2.28. The summed E-state index contributed by atoms with van der Waals surface area (Å²) in [5, 5.41) is 14.8. The van der Waals surface area contributed by atoms with Crippen molar-refractivity contribution >= 4 is 34.7 Å². The summed E-state index contributed by atoms with van der Waals surface area (Å²) in [7, 11) is 1.27. The molecular weight excluding hydrogens is 374 g/mol. The van der Waals surface area contributed by atoms with Crippen molar-refractivity contribution in [2.24, 2.45) is 0 Å². The van der Waals surface area contributed by atoms with E-state index >= 15 is 0 Å². The lowest BCUT2D eigenvalue weighted by molar-refractivity contribution is -0.383. The zero-order chi connectivity index (χ0) is 20.8. The number of ether oxygens (including phenoxy) is 1. The van der Waals surface area contributed by atoms with Gasteiger partial charge in [0.15, 0.2) is 0 Å². The maximum absolute atomic E-state index is 12.0. The zero-order valence-corrected chi connectivity index (χ0v) is 15.9. The van der Waals surface area contributed by atoms with Crippen LogP contribution in [0.4, 0.5) is 28.7 Å². The highest BCUT2D eigenvalue weighted by molar-refractivity contribution is 5.96. The molecule has 3 aromatic rings. The quantitative estimate of drug-likeness (QED) is 0.363. The molecule has 29 heavy (non-hydrogen) atoms. The van der Waals surface area contributed by atoms with Gasteiger partial charge in [-0.3, -0.25) is 10.1 Å². The second-order valence-corrected chi connectivity index (χ2v) is 5.89. The molecule has 148 valence electrons.